The molecule has 26 heavy (non-hydrogen) atoms. The van der Waals surface area contributed by atoms with Crippen LogP contribution in [0.25, 0.3) is 6.08 Å². The number of aryl methyl sites for hydroxylation is 4. The Labute approximate surface area is 154 Å². The number of rotatable bonds is 5. The van der Waals surface area contributed by atoms with Gasteiger partial charge >= 0.3 is 0 Å². The van der Waals surface area contributed by atoms with Crippen LogP contribution in [0.15, 0.2) is 47.1 Å². The largest absolute Gasteiger partial charge is 0.497 e. The first-order valence-corrected chi connectivity index (χ1v) is 8.77. The highest BCUT2D eigenvalue weighted by Crippen LogP contribution is 2.22. The zero-order chi connectivity index (χ0) is 18.7. The lowest BCUT2D eigenvalue weighted by Crippen LogP contribution is -2.24. The van der Waals surface area contributed by atoms with E-state index in [1.807, 2.05) is 30.3 Å². The smallest absolute Gasteiger partial charge is 0.275 e. The molecule has 0 aromatic heterocycles. The van der Waals surface area contributed by atoms with Gasteiger partial charge in [0.1, 0.15) is 17.3 Å². The summed E-state index contributed by atoms with van der Waals surface area (Å²) in [6.07, 6.45) is 3.40. The van der Waals surface area contributed by atoms with E-state index in [0.29, 0.717) is 12.1 Å². The van der Waals surface area contributed by atoms with Crippen molar-refractivity contribution in [2.45, 2.75) is 33.6 Å². The number of aliphatic imine (C=N–C) groups is 1. The number of hydrogen-bond donors (Lipinski definition) is 1. The summed E-state index contributed by atoms with van der Waals surface area (Å²) in [7, 11) is 1.66. The second-order valence-electron chi connectivity index (χ2n) is 6.70. The van der Waals surface area contributed by atoms with Gasteiger partial charge < -0.3 is 10.1 Å². The first kappa shape index (κ1) is 17.9. The van der Waals surface area contributed by atoms with Gasteiger partial charge in [0.2, 0.25) is 0 Å². The Morgan fingerprint density at radius 3 is 2.31 bits per heavy atom. The molecule has 0 spiro atoms. The van der Waals surface area contributed by atoms with Crippen molar-refractivity contribution in [3.63, 3.8) is 0 Å². The predicted octanol–water partition coefficient (Wildman–Crippen LogP) is 4.12. The number of carbonyl (C=O) groups excluding carboxylic acids is 1. The van der Waals surface area contributed by atoms with E-state index in [9.17, 15) is 4.79 Å². The van der Waals surface area contributed by atoms with E-state index in [1.54, 1.807) is 7.11 Å². The summed E-state index contributed by atoms with van der Waals surface area (Å²) in [6, 6.07) is 12.2. The zero-order valence-electron chi connectivity index (χ0n) is 15.7. The topological polar surface area (TPSA) is 50.7 Å². The highest BCUT2D eigenvalue weighted by molar-refractivity contribution is 6.14. The molecule has 2 aromatic rings. The molecule has 0 aliphatic carbocycles. The Balaban J connectivity index is 1.74. The fraction of sp³-hybridized carbons (Fsp3) is 0.273. The molecule has 134 valence electrons. The van der Waals surface area contributed by atoms with E-state index in [-0.39, 0.29) is 5.91 Å². The molecule has 0 bridgehead atoms. The van der Waals surface area contributed by atoms with E-state index in [4.69, 9.17) is 4.74 Å². The molecule has 0 radical (unpaired) electrons. The lowest BCUT2D eigenvalue weighted by atomic mass is 9.99. The summed E-state index contributed by atoms with van der Waals surface area (Å²) in [5.74, 6) is 1.43. The van der Waals surface area contributed by atoms with Gasteiger partial charge in [-0.15, -0.1) is 0 Å². The number of amidine groups is 1. The lowest BCUT2D eigenvalue weighted by Gasteiger charge is -2.07. The minimum absolute atomic E-state index is 0.130. The molecular formula is C22H24N2O2. The number of nitrogens with zero attached hydrogens (tertiary/aromatic N) is 1. The van der Waals surface area contributed by atoms with Crippen LogP contribution in [0.5, 0.6) is 5.75 Å². The number of benzene rings is 2. The van der Waals surface area contributed by atoms with Crippen LogP contribution in [-0.2, 0) is 11.2 Å². The van der Waals surface area contributed by atoms with Gasteiger partial charge in [0, 0.05) is 6.42 Å². The van der Waals surface area contributed by atoms with Crippen LogP contribution in [-0.4, -0.2) is 18.9 Å². The van der Waals surface area contributed by atoms with Crippen molar-refractivity contribution in [2.75, 3.05) is 7.11 Å². The number of methoxy groups -OCH3 is 1. The third-order valence-corrected chi connectivity index (χ3v) is 4.57. The summed E-state index contributed by atoms with van der Waals surface area (Å²) in [5.41, 5.74) is 6.27. The lowest BCUT2D eigenvalue weighted by molar-refractivity contribution is -0.115. The Morgan fingerprint density at radius 2 is 1.69 bits per heavy atom. The summed E-state index contributed by atoms with van der Waals surface area (Å²) in [6.45, 7) is 6.20. The zero-order valence-corrected chi connectivity index (χ0v) is 15.7. The van der Waals surface area contributed by atoms with Crippen molar-refractivity contribution < 1.29 is 9.53 Å². The highest BCUT2D eigenvalue weighted by Gasteiger charge is 2.20. The molecule has 0 saturated heterocycles. The number of amides is 1. The van der Waals surface area contributed by atoms with E-state index < -0.39 is 0 Å². The molecule has 1 heterocycles. The van der Waals surface area contributed by atoms with Crippen LogP contribution in [0.1, 0.15) is 34.2 Å². The molecule has 0 unspecified atom stereocenters. The van der Waals surface area contributed by atoms with Crippen molar-refractivity contribution in [3.8, 4) is 5.75 Å². The molecule has 0 saturated carbocycles. The van der Waals surface area contributed by atoms with Gasteiger partial charge in [0.25, 0.3) is 5.91 Å². The number of ether oxygens (including phenoxy) is 1. The van der Waals surface area contributed by atoms with E-state index >= 15 is 0 Å². The maximum Gasteiger partial charge on any atom is 0.275 e. The summed E-state index contributed by atoms with van der Waals surface area (Å²) >= 11 is 0. The quantitative estimate of drug-likeness (QED) is 0.826. The van der Waals surface area contributed by atoms with Crippen LogP contribution in [0.3, 0.4) is 0 Å². The Kier molecular flexibility index (Phi) is 5.21. The fourth-order valence-corrected chi connectivity index (χ4v) is 3.25. The van der Waals surface area contributed by atoms with Crippen molar-refractivity contribution >= 4 is 17.8 Å². The molecule has 3 rings (SSSR count). The average Bonchev–Trinajstić information content (AvgIpc) is 2.96. The molecular weight excluding hydrogens is 324 g/mol. The second-order valence-corrected chi connectivity index (χ2v) is 6.70. The van der Waals surface area contributed by atoms with Crippen LogP contribution in [0.4, 0.5) is 0 Å². The molecule has 1 N–H and O–H groups in total. The summed E-state index contributed by atoms with van der Waals surface area (Å²) in [4.78, 5) is 16.8. The molecule has 2 aromatic carbocycles. The minimum Gasteiger partial charge on any atom is -0.497 e. The molecule has 0 fully saturated rings. The maximum absolute atomic E-state index is 12.3. The van der Waals surface area contributed by atoms with E-state index in [1.165, 1.54) is 11.1 Å². The Bertz CT molecular complexity index is 870. The van der Waals surface area contributed by atoms with Gasteiger partial charge in [-0.1, -0.05) is 29.8 Å². The van der Waals surface area contributed by atoms with Gasteiger partial charge in [-0.3, -0.25) is 4.79 Å². The highest BCUT2D eigenvalue weighted by atomic mass is 16.5. The van der Waals surface area contributed by atoms with Gasteiger partial charge in [0.15, 0.2) is 0 Å². The monoisotopic (exact) mass is 348 g/mol. The van der Waals surface area contributed by atoms with E-state index in [0.717, 1.165) is 34.7 Å². The van der Waals surface area contributed by atoms with E-state index in [2.05, 4.69) is 43.2 Å². The number of carbonyl (C=O) groups is 1. The standard InChI is InChI=1S/C22H24N2O2/c1-14-11-15(2)19(16(3)12-14)13-20-22(25)24-21(23-20)10-7-17-5-8-18(26-4)9-6-17/h5-6,8-9,11-13H,7,10H2,1-4H3,(H,23,24,25)/b20-13-. The third-order valence-electron chi connectivity index (χ3n) is 4.57. The SMILES string of the molecule is COc1ccc(CCC2=N/C(=C\c3c(C)cc(C)cc3C)C(=O)N2)cc1. The second kappa shape index (κ2) is 7.56. The first-order chi connectivity index (χ1) is 12.5. The van der Waals surface area contributed by atoms with Crippen LogP contribution in [0.2, 0.25) is 0 Å². The maximum atomic E-state index is 12.3. The van der Waals surface area contributed by atoms with Crippen molar-refractivity contribution in [1.29, 1.82) is 0 Å². The molecule has 1 aliphatic heterocycles. The predicted molar refractivity (Wildman–Crippen MR) is 106 cm³/mol. The molecule has 1 amide bonds. The molecule has 1 aliphatic rings. The van der Waals surface area contributed by atoms with Gasteiger partial charge in [0.05, 0.1) is 7.11 Å². The summed E-state index contributed by atoms with van der Waals surface area (Å²) in [5, 5.41) is 2.89. The van der Waals surface area contributed by atoms with Crippen molar-refractivity contribution in [3.05, 3.63) is 69.9 Å². The fourth-order valence-electron chi connectivity index (χ4n) is 3.25. The minimum atomic E-state index is -0.130. The van der Waals surface area contributed by atoms with Crippen LogP contribution < -0.4 is 10.1 Å². The van der Waals surface area contributed by atoms with Crippen molar-refractivity contribution in [1.82, 2.24) is 5.32 Å². The van der Waals surface area contributed by atoms with Crippen molar-refractivity contribution in [2.24, 2.45) is 4.99 Å². The summed E-state index contributed by atoms with van der Waals surface area (Å²) < 4.78 is 5.17. The van der Waals surface area contributed by atoms with Crippen LogP contribution in [0, 0.1) is 20.8 Å². The Hall–Kier alpha value is -2.88. The van der Waals surface area contributed by atoms with Gasteiger partial charge in [-0.2, -0.15) is 0 Å². The first-order valence-electron chi connectivity index (χ1n) is 8.77. The third kappa shape index (κ3) is 4.02. The number of nitrogens with one attached hydrogen (secondary N) is 1. The average molecular weight is 348 g/mol. The molecule has 4 heteroatoms. The van der Waals surface area contributed by atoms with Gasteiger partial charge in [-0.05, 0) is 67.7 Å². The normalized spacial score (nSPS) is 15.2. The molecule has 0 atom stereocenters. The van der Waals surface area contributed by atoms with Crippen LogP contribution >= 0.6 is 0 Å². The van der Waals surface area contributed by atoms with Gasteiger partial charge in [-0.25, -0.2) is 4.99 Å². The number of hydrogen-bond acceptors (Lipinski definition) is 3. The Morgan fingerprint density at radius 1 is 1.04 bits per heavy atom. The molecule has 4 nitrogen and oxygen atoms in total.